The van der Waals surface area contributed by atoms with Crippen molar-refractivity contribution in [2.24, 2.45) is 5.92 Å². The number of pyridine rings is 1. The van der Waals surface area contributed by atoms with Gasteiger partial charge in [0.2, 0.25) is 5.91 Å². The molecule has 1 aromatic heterocycles. The van der Waals surface area contributed by atoms with E-state index < -0.39 is 0 Å². The summed E-state index contributed by atoms with van der Waals surface area (Å²) < 4.78 is 13.2. The van der Waals surface area contributed by atoms with Gasteiger partial charge in [-0.3, -0.25) is 19.5 Å². The molecule has 1 aliphatic carbocycles. The van der Waals surface area contributed by atoms with Gasteiger partial charge in [0.1, 0.15) is 5.82 Å². The molecule has 4 rings (SSSR count). The second-order valence-electron chi connectivity index (χ2n) is 8.36. The number of halogens is 1. The summed E-state index contributed by atoms with van der Waals surface area (Å²) >= 11 is 0. The number of carbonyl (C=O) groups is 2. The Kier molecular flexibility index (Phi) is 6.92. The molecule has 6 nitrogen and oxygen atoms in total. The van der Waals surface area contributed by atoms with Crippen molar-refractivity contribution in [1.82, 2.24) is 20.1 Å². The lowest BCUT2D eigenvalue weighted by Gasteiger charge is -2.40. The van der Waals surface area contributed by atoms with E-state index in [4.69, 9.17) is 0 Å². The summed E-state index contributed by atoms with van der Waals surface area (Å²) in [4.78, 5) is 34.2. The summed E-state index contributed by atoms with van der Waals surface area (Å²) in [6, 6.07) is 11.2. The van der Waals surface area contributed by atoms with E-state index in [0.29, 0.717) is 44.2 Å². The van der Waals surface area contributed by atoms with E-state index in [1.807, 2.05) is 18.2 Å². The first-order valence-corrected chi connectivity index (χ1v) is 11.1. The number of amides is 2. The van der Waals surface area contributed by atoms with Crippen LogP contribution in [0.15, 0.2) is 48.7 Å². The highest BCUT2D eigenvalue weighted by Gasteiger charge is 2.37. The zero-order valence-electron chi connectivity index (χ0n) is 17.7. The first-order chi connectivity index (χ1) is 15.1. The average molecular weight is 425 g/mol. The monoisotopic (exact) mass is 424 g/mol. The molecule has 1 saturated heterocycles. The molecule has 0 bridgehead atoms. The number of hydrogen-bond donors (Lipinski definition) is 1. The van der Waals surface area contributed by atoms with Crippen LogP contribution in [-0.4, -0.2) is 58.8 Å². The Bertz CT molecular complexity index is 876. The number of nitrogens with zero attached hydrogens (tertiary/aromatic N) is 3. The minimum absolute atomic E-state index is 0.0517. The lowest BCUT2D eigenvalue weighted by atomic mass is 9.95. The minimum Gasteiger partial charge on any atom is -0.349 e. The number of aromatic nitrogens is 1. The molecule has 1 unspecified atom stereocenters. The van der Waals surface area contributed by atoms with Crippen molar-refractivity contribution in [1.29, 1.82) is 0 Å². The van der Waals surface area contributed by atoms with Gasteiger partial charge >= 0.3 is 0 Å². The molecule has 2 amide bonds. The Balaban J connectivity index is 1.38. The van der Waals surface area contributed by atoms with Crippen LogP contribution in [0.5, 0.6) is 0 Å². The second-order valence-corrected chi connectivity index (χ2v) is 8.36. The second kappa shape index (κ2) is 10.0. The van der Waals surface area contributed by atoms with Crippen molar-refractivity contribution in [2.75, 3.05) is 26.2 Å². The van der Waals surface area contributed by atoms with E-state index in [2.05, 4.69) is 15.2 Å². The molecule has 2 aromatic rings. The number of rotatable bonds is 6. The van der Waals surface area contributed by atoms with Crippen molar-refractivity contribution in [3.63, 3.8) is 0 Å². The Hall–Kier alpha value is -2.80. The van der Waals surface area contributed by atoms with Crippen molar-refractivity contribution in [3.05, 3.63) is 65.7 Å². The lowest BCUT2D eigenvalue weighted by Crippen LogP contribution is -2.57. The molecule has 0 spiro atoms. The van der Waals surface area contributed by atoms with Gasteiger partial charge in [0.05, 0.1) is 18.3 Å². The molecule has 7 heteroatoms. The van der Waals surface area contributed by atoms with Crippen LogP contribution in [0.4, 0.5) is 4.39 Å². The standard InChI is InChI=1S/C24H29FN4O2/c25-20-10-8-19(9-11-20)24(31)29-15-13-28(14-16-29)22(18-5-1-2-6-18)23(30)27-17-21-7-3-4-12-26-21/h3-4,7-12,18,22H,1-2,5-6,13-17H2,(H,27,30). The summed E-state index contributed by atoms with van der Waals surface area (Å²) in [7, 11) is 0. The van der Waals surface area contributed by atoms with E-state index in [0.717, 1.165) is 31.4 Å². The molecular weight excluding hydrogens is 395 g/mol. The zero-order valence-corrected chi connectivity index (χ0v) is 17.7. The van der Waals surface area contributed by atoms with Crippen LogP contribution < -0.4 is 5.32 Å². The van der Waals surface area contributed by atoms with Crippen LogP contribution in [0.1, 0.15) is 41.7 Å². The Morgan fingerprint density at radius 2 is 1.74 bits per heavy atom. The lowest BCUT2D eigenvalue weighted by molar-refractivity contribution is -0.129. The van der Waals surface area contributed by atoms with Crippen LogP contribution in [0.25, 0.3) is 0 Å². The number of benzene rings is 1. The zero-order chi connectivity index (χ0) is 21.6. The molecule has 1 aliphatic heterocycles. The van der Waals surface area contributed by atoms with E-state index in [1.54, 1.807) is 11.1 Å². The Morgan fingerprint density at radius 1 is 1.03 bits per heavy atom. The molecule has 31 heavy (non-hydrogen) atoms. The van der Waals surface area contributed by atoms with Gasteiger partial charge in [0.15, 0.2) is 0 Å². The average Bonchev–Trinajstić information content (AvgIpc) is 3.33. The molecule has 1 aromatic carbocycles. The number of hydrogen-bond acceptors (Lipinski definition) is 4. The molecule has 2 fully saturated rings. The topological polar surface area (TPSA) is 65.5 Å². The summed E-state index contributed by atoms with van der Waals surface area (Å²) in [6.07, 6.45) is 6.19. The fraction of sp³-hybridized carbons (Fsp3) is 0.458. The quantitative estimate of drug-likeness (QED) is 0.775. The third kappa shape index (κ3) is 5.28. The third-order valence-electron chi connectivity index (χ3n) is 6.37. The highest BCUT2D eigenvalue weighted by atomic mass is 19.1. The fourth-order valence-corrected chi connectivity index (χ4v) is 4.71. The minimum atomic E-state index is -0.350. The smallest absolute Gasteiger partial charge is 0.253 e. The maximum atomic E-state index is 13.2. The maximum Gasteiger partial charge on any atom is 0.253 e. The predicted octanol–water partition coefficient (Wildman–Crippen LogP) is 2.85. The van der Waals surface area contributed by atoms with Gasteiger partial charge in [-0.15, -0.1) is 0 Å². The summed E-state index contributed by atoms with van der Waals surface area (Å²) in [6.45, 7) is 2.86. The summed E-state index contributed by atoms with van der Waals surface area (Å²) in [5, 5.41) is 3.08. The van der Waals surface area contributed by atoms with Crippen LogP contribution in [0, 0.1) is 11.7 Å². The SMILES string of the molecule is O=C(NCc1ccccn1)C(C1CCCC1)N1CCN(C(=O)c2ccc(F)cc2)CC1. The van der Waals surface area contributed by atoms with Gasteiger partial charge < -0.3 is 10.2 Å². The predicted molar refractivity (Wildman–Crippen MR) is 116 cm³/mol. The van der Waals surface area contributed by atoms with Gasteiger partial charge in [-0.1, -0.05) is 18.9 Å². The number of nitrogens with one attached hydrogen (secondary N) is 1. The van der Waals surface area contributed by atoms with Gasteiger partial charge in [0.25, 0.3) is 5.91 Å². The molecule has 2 heterocycles. The molecular formula is C24H29FN4O2. The first kappa shape index (κ1) is 21.4. The molecule has 1 atom stereocenters. The van der Waals surface area contributed by atoms with E-state index in [9.17, 15) is 14.0 Å². The molecule has 2 aliphatic rings. The van der Waals surface area contributed by atoms with Crippen LogP contribution in [-0.2, 0) is 11.3 Å². The van der Waals surface area contributed by atoms with Gasteiger partial charge in [-0.2, -0.15) is 0 Å². The van der Waals surface area contributed by atoms with E-state index >= 15 is 0 Å². The van der Waals surface area contributed by atoms with Crippen LogP contribution in [0.3, 0.4) is 0 Å². The molecule has 1 saturated carbocycles. The summed E-state index contributed by atoms with van der Waals surface area (Å²) in [5.74, 6) is -0.0342. The summed E-state index contributed by atoms with van der Waals surface area (Å²) in [5.41, 5.74) is 1.34. The van der Waals surface area contributed by atoms with E-state index in [-0.39, 0.29) is 23.7 Å². The van der Waals surface area contributed by atoms with E-state index in [1.165, 1.54) is 24.3 Å². The van der Waals surface area contributed by atoms with Gasteiger partial charge in [-0.05, 0) is 55.2 Å². The maximum absolute atomic E-state index is 13.2. The Morgan fingerprint density at radius 3 is 2.39 bits per heavy atom. The largest absolute Gasteiger partial charge is 0.349 e. The van der Waals surface area contributed by atoms with Crippen molar-refractivity contribution in [3.8, 4) is 0 Å². The van der Waals surface area contributed by atoms with Crippen molar-refractivity contribution in [2.45, 2.75) is 38.3 Å². The normalized spacial score (nSPS) is 18.7. The highest BCUT2D eigenvalue weighted by Crippen LogP contribution is 2.31. The number of piperazine rings is 1. The fourth-order valence-electron chi connectivity index (χ4n) is 4.71. The van der Waals surface area contributed by atoms with Crippen molar-refractivity contribution >= 4 is 11.8 Å². The molecule has 1 N–H and O–H groups in total. The highest BCUT2D eigenvalue weighted by molar-refractivity contribution is 5.94. The van der Waals surface area contributed by atoms with Crippen LogP contribution in [0.2, 0.25) is 0 Å². The third-order valence-corrected chi connectivity index (χ3v) is 6.37. The molecule has 164 valence electrons. The van der Waals surface area contributed by atoms with Crippen molar-refractivity contribution < 1.29 is 14.0 Å². The van der Waals surface area contributed by atoms with Crippen LogP contribution >= 0.6 is 0 Å². The Labute approximate surface area is 182 Å². The molecule has 0 radical (unpaired) electrons. The first-order valence-electron chi connectivity index (χ1n) is 11.1. The number of carbonyl (C=O) groups excluding carboxylic acids is 2. The van der Waals surface area contributed by atoms with Gasteiger partial charge in [0, 0.05) is 37.9 Å². The van der Waals surface area contributed by atoms with Gasteiger partial charge in [-0.25, -0.2) is 4.39 Å².